The van der Waals surface area contributed by atoms with Crippen LogP contribution in [0.4, 0.5) is 0 Å². The molecule has 3 aromatic rings. The maximum absolute atomic E-state index is 2.40. The first-order valence-electron chi connectivity index (χ1n) is 7.04. The average Bonchev–Trinajstić information content (AvgIpc) is 3.17. The van der Waals surface area contributed by atoms with Gasteiger partial charge >= 0.3 is 0 Å². The van der Waals surface area contributed by atoms with Gasteiger partial charge in [-0.2, -0.15) is 0 Å². The van der Waals surface area contributed by atoms with Crippen molar-refractivity contribution in [3.63, 3.8) is 0 Å². The fourth-order valence-corrected chi connectivity index (χ4v) is 6.34. The molecule has 0 nitrogen and oxygen atoms in total. The number of hydrogen-bond acceptors (Lipinski definition) is 3. The first-order chi connectivity index (χ1) is 10.2. The van der Waals surface area contributed by atoms with Crippen LogP contribution in [-0.2, 0) is 5.41 Å². The summed E-state index contributed by atoms with van der Waals surface area (Å²) in [5, 5.41) is 4.48. The van der Waals surface area contributed by atoms with Crippen molar-refractivity contribution in [1.29, 1.82) is 0 Å². The third-order valence-electron chi connectivity index (χ3n) is 4.27. The molecule has 2 heterocycles. The van der Waals surface area contributed by atoms with Crippen molar-refractivity contribution in [1.82, 2.24) is 0 Å². The Morgan fingerprint density at radius 3 is 2.05 bits per heavy atom. The highest BCUT2D eigenvalue weighted by molar-refractivity contribution is 7.99. The van der Waals surface area contributed by atoms with E-state index in [9.17, 15) is 0 Å². The van der Waals surface area contributed by atoms with E-state index in [1.807, 2.05) is 34.4 Å². The number of thioether (sulfide) groups is 1. The zero-order valence-corrected chi connectivity index (χ0v) is 14.5. The molecule has 2 aromatic heterocycles. The normalized spacial score (nSPS) is 15.0. The minimum Gasteiger partial charge on any atom is -0.143 e. The van der Waals surface area contributed by atoms with Gasteiger partial charge in [-0.15, -0.1) is 34.4 Å². The topological polar surface area (TPSA) is 0 Å². The second-order valence-electron chi connectivity index (χ2n) is 5.76. The lowest BCUT2D eigenvalue weighted by Gasteiger charge is -2.25. The summed E-state index contributed by atoms with van der Waals surface area (Å²) in [7, 11) is 0. The number of benzene rings is 1. The van der Waals surface area contributed by atoms with Gasteiger partial charge in [-0.1, -0.05) is 24.6 Å². The average molecular weight is 329 g/mol. The fraction of sp³-hybridized carbons (Fsp3) is 0.222. The molecule has 0 bridgehead atoms. The molecular weight excluding hydrogens is 312 g/mol. The van der Waals surface area contributed by atoms with Gasteiger partial charge < -0.3 is 0 Å². The molecule has 21 heavy (non-hydrogen) atoms. The predicted molar refractivity (Wildman–Crippen MR) is 96.0 cm³/mol. The van der Waals surface area contributed by atoms with E-state index in [-0.39, 0.29) is 5.41 Å². The number of thiophene rings is 2. The van der Waals surface area contributed by atoms with Crippen LogP contribution in [0.3, 0.4) is 0 Å². The quantitative estimate of drug-likeness (QED) is 0.516. The molecule has 0 N–H and O–H groups in total. The Labute approximate surface area is 137 Å². The summed E-state index contributed by atoms with van der Waals surface area (Å²) < 4.78 is 0. The van der Waals surface area contributed by atoms with Crippen LogP contribution >= 0.6 is 34.4 Å². The van der Waals surface area contributed by atoms with Crippen LogP contribution in [0.25, 0.3) is 9.75 Å². The monoisotopic (exact) mass is 328 g/mol. The maximum Gasteiger partial charge on any atom is 0.0486 e. The molecule has 0 radical (unpaired) electrons. The van der Waals surface area contributed by atoms with Crippen molar-refractivity contribution in [2.45, 2.75) is 24.2 Å². The zero-order chi connectivity index (χ0) is 14.4. The van der Waals surface area contributed by atoms with E-state index < -0.39 is 0 Å². The molecule has 0 atom stereocenters. The first kappa shape index (κ1) is 13.6. The largest absolute Gasteiger partial charge is 0.143 e. The first-order valence-corrected chi connectivity index (χ1v) is 9.79. The number of hydrogen-bond donors (Lipinski definition) is 0. The van der Waals surface area contributed by atoms with Crippen molar-refractivity contribution in [3.8, 4) is 9.75 Å². The van der Waals surface area contributed by atoms with Crippen molar-refractivity contribution in [2.75, 3.05) is 5.75 Å². The van der Waals surface area contributed by atoms with E-state index >= 15 is 0 Å². The Morgan fingerprint density at radius 1 is 0.905 bits per heavy atom. The van der Waals surface area contributed by atoms with E-state index in [0.29, 0.717) is 0 Å². The summed E-state index contributed by atoms with van der Waals surface area (Å²) in [6, 6.07) is 13.5. The van der Waals surface area contributed by atoms with Crippen molar-refractivity contribution in [2.24, 2.45) is 0 Å². The van der Waals surface area contributed by atoms with Gasteiger partial charge in [0.15, 0.2) is 0 Å². The Morgan fingerprint density at radius 2 is 1.48 bits per heavy atom. The molecule has 0 amide bonds. The second kappa shape index (κ2) is 5.01. The lowest BCUT2D eigenvalue weighted by molar-refractivity contribution is 0.676. The maximum atomic E-state index is 2.40. The molecule has 4 rings (SSSR count). The van der Waals surface area contributed by atoms with Gasteiger partial charge in [0.1, 0.15) is 0 Å². The smallest absolute Gasteiger partial charge is 0.0486 e. The van der Waals surface area contributed by atoms with E-state index in [0.717, 1.165) is 5.75 Å². The molecule has 0 spiro atoms. The van der Waals surface area contributed by atoms with Crippen LogP contribution < -0.4 is 0 Å². The summed E-state index contributed by atoms with van der Waals surface area (Å²) >= 11 is 5.74. The van der Waals surface area contributed by atoms with Gasteiger partial charge in [-0.25, -0.2) is 0 Å². The van der Waals surface area contributed by atoms with Crippen LogP contribution in [0.5, 0.6) is 0 Å². The molecule has 0 fully saturated rings. The van der Waals surface area contributed by atoms with Gasteiger partial charge in [0, 0.05) is 25.8 Å². The highest BCUT2D eigenvalue weighted by Gasteiger charge is 2.41. The van der Waals surface area contributed by atoms with Crippen molar-refractivity contribution >= 4 is 34.4 Å². The molecule has 1 aliphatic rings. The van der Waals surface area contributed by atoms with Crippen LogP contribution in [0.1, 0.15) is 23.6 Å². The minimum absolute atomic E-state index is 0.153. The van der Waals surface area contributed by atoms with Gasteiger partial charge in [-0.05, 0) is 53.1 Å². The Balaban J connectivity index is 1.67. The van der Waals surface area contributed by atoms with E-state index in [2.05, 4.69) is 61.0 Å². The number of rotatable bonds is 3. The third-order valence-corrected chi connectivity index (χ3v) is 7.59. The van der Waals surface area contributed by atoms with E-state index in [1.54, 1.807) is 0 Å². The predicted octanol–water partition coefficient (Wildman–Crippen LogP) is 6.20. The number of aryl methyl sites for hydroxylation is 1. The molecule has 0 aliphatic heterocycles. The molecule has 3 heteroatoms. The molecular formula is C18H16S3. The SMILES string of the molecule is Cc1ccc(SCC2(C)c3ccsc3-c3sccc32)cc1. The van der Waals surface area contributed by atoms with Gasteiger partial charge in [0.05, 0.1) is 0 Å². The highest BCUT2D eigenvalue weighted by atomic mass is 32.2. The van der Waals surface area contributed by atoms with E-state index in [1.165, 1.54) is 31.3 Å². The molecule has 1 aliphatic carbocycles. The summed E-state index contributed by atoms with van der Waals surface area (Å²) in [6.07, 6.45) is 0. The Kier molecular flexibility index (Phi) is 3.25. The lowest BCUT2D eigenvalue weighted by Crippen LogP contribution is -2.23. The molecule has 0 saturated carbocycles. The standard InChI is InChI=1S/C18H16S3/c1-12-3-5-13(6-4-12)21-11-18(2)14-7-9-19-16(14)17-15(18)8-10-20-17/h3-10H,11H2,1-2H3. The second-order valence-corrected chi connectivity index (χ2v) is 8.64. The summed E-state index contributed by atoms with van der Waals surface area (Å²) in [5.74, 6) is 1.10. The van der Waals surface area contributed by atoms with Gasteiger partial charge in [0.2, 0.25) is 0 Å². The Hall–Kier alpha value is -1.03. The van der Waals surface area contributed by atoms with E-state index in [4.69, 9.17) is 0 Å². The lowest BCUT2D eigenvalue weighted by atomic mass is 9.84. The van der Waals surface area contributed by atoms with Crippen LogP contribution in [-0.4, -0.2) is 5.75 Å². The van der Waals surface area contributed by atoms with Crippen molar-refractivity contribution in [3.05, 3.63) is 63.8 Å². The Bertz CT molecular complexity index is 737. The van der Waals surface area contributed by atoms with Crippen LogP contribution in [0.15, 0.2) is 52.1 Å². The number of fused-ring (bicyclic) bond motifs is 3. The molecule has 0 saturated heterocycles. The van der Waals surface area contributed by atoms with Gasteiger partial charge in [0.25, 0.3) is 0 Å². The fourth-order valence-electron chi connectivity index (χ4n) is 3.00. The summed E-state index contributed by atoms with van der Waals surface area (Å²) in [4.78, 5) is 4.35. The molecule has 106 valence electrons. The zero-order valence-electron chi connectivity index (χ0n) is 12.1. The highest BCUT2D eigenvalue weighted by Crippen LogP contribution is 2.55. The van der Waals surface area contributed by atoms with Gasteiger partial charge in [-0.3, -0.25) is 0 Å². The third kappa shape index (κ3) is 2.10. The summed E-state index contributed by atoms with van der Waals surface area (Å²) in [5.41, 5.74) is 4.52. The van der Waals surface area contributed by atoms with Crippen molar-refractivity contribution < 1.29 is 0 Å². The van der Waals surface area contributed by atoms with Crippen LogP contribution in [0.2, 0.25) is 0 Å². The molecule has 1 aromatic carbocycles. The molecule has 0 unspecified atom stereocenters. The summed E-state index contributed by atoms with van der Waals surface area (Å²) in [6.45, 7) is 4.54. The van der Waals surface area contributed by atoms with Crippen LogP contribution in [0, 0.1) is 6.92 Å². The minimum atomic E-state index is 0.153.